The van der Waals surface area contributed by atoms with Gasteiger partial charge in [0.05, 0.1) is 5.69 Å². The van der Waals surface area contributed by atoms with Crippen molar-refractivity contribution >= 4 is 17.2 Å². The molecule has 0 bridgehead atoms. The van der Waals surface area contributed by atoms with E-state index in [4.69, 9.17) is 0 Å². The van der Waals surface area contributed by atoms with Crippen LogP contribution < -0.4 is 0 Å². The Morgan fingerprint density at radius 1 is 0.808 bits per heavy atom. The molecule has 0 fully saturated rings. The molecule has 1 N–H and O–H groups in total. The molecule has 4 aromatic rings. The number of aldehydes is 1. The molecule has 128 valence electrons. The molecule has 0 saturated heterocycles. The Hall–Kier alpha value is -3.13. The second-order valence-corrected chi connectivity index (χ2v) is 6.93. The number of H-pyrrole nitrogens is 1. The number of hydrogen-bond acceptors (Lipinski definition) is 1. The van der Waals surface area contributed by atoms with Gasteiger partial charge in [0.2, 0.25) is 0 Å². The van der Waals surface area contributed by atoms with Gasteiger partial charge in [-0.15, -0.1) is 0 Å². The number of aromatic amines is 1. The van der Waals surface area contributed by atoms with Gasteiger partial charge in [0.1, 0.15) is 0 Å². The van der Waals surface area contributed by atoms with Gasteiger partial charge in [0.15, 0.2) is 6.29 Å². The van der Waals surface area contributed by atoms with Gasteiger partial charge in [-0.05, 0) is 40.3 Å². The van der Waals surface area contributed by atoms with Gasteiger partial charge < -0.3 is 4.98 Å². The van der Waals surface area contributed by atoms with Gasteiger partial charge in [0, 0.05) is 16.5 Å². The highest BCUT2D eigenvalue weighted by Crippen LogP contribution is 2.32. The highest BCUT2D eigenvalue weighted by molar-refractivity contribution is 6.05. The number of nitrogens with one attached hydrogen (secondary N) is 1. The number of rotatable bonds is 4. The lowest BCUT2D eigenvalue weighted by molar-refractivity contribution is 0.112. The zero-order valence-corrected chi connectivity index (χ0v) is 15.0. The van der Waals surface area contributed by atoms with E-state index in [-0.39, 0.29) is 0 Å². The predicted octanol–water partition coefficient (Wildman–Crippen LogP) is 6.44. The van der Waals surface area contributed by atoms with Gasteiger partial charge in [0.25, 0.3) is 0 Å². The first-order chi connectivity index (χ1) is 12.7. The van der Waals surface area contributed by atoms with Crippen molar-refractivity contribution in [2.24, 2.45) is 0 Å². The minimum absolute atomic E-state index is 0.491. The van der Waals surface area contributed by atoms with Crippen LogP contribution in [0.2, 0.25) is 0 Å². The quantitative estimate of drug-likeness (QED) is 0.426. The summed E-state index contributed by atoms with van der Waals surface area (Å²) in [6.45, 7) is 4.36. The molecule has 0 atom stereocenters. The summed E-state index contributed by atoms with van der Waals surface area (Å²) in [4.78, 5) is 15.3. The Bertz CT molecular complexity index is 1060. The lowest BCUT2D eigenvalue weighted by Crippen LogP contribution is -1.88. The third-order valence-corrected chi connectivity index (χ3v) is 4.93. The van der Waals surface area contributed by atoms with Crippen LogP contribution >= 0.6 is 0 Å². The minimum Gasteiger partial charge on any atom is -0.354 e. The Labute approximate surface area is 153 Å². The maximum atomic E-state index is 11.9. The van der Waals surface area contributed by atoms with E-state index in [2.05, 4.69) is 73.4 Å². The maximum Gasteiger partial charge on any atom is 0.152 e. The van der Waals surface area contributed by atoms with Crippen molar-refractivity contribution < 1.29 is 4.79 Å². The maximum absolute atomic E-state index is 11.9. The molecular formula is C24H21NO. The molecule has 0 amide bonds. The van der Waals surface area contributed by atoms with Gasteiger partial charge in [-0.2, -0.15) is 0 Å². The molecule has 3 aromatic carbocycles. The average Bonchev–Trinajstić information content (AvgIpc) is 3.06. The van der Waals surface area contributed by atoms with Crippen LogP contribution in [0.3, 0.4) is 0 Å². The van der Waals surface area contributed by atoms with Crippen molar-refractivity contribution in [3.63, 3.8) is 0 Å². The number of carbonyl (C=O) groups is 1. The fourth-order valence-electron chi connectivity index (χ4n) is 3.41. The first-order valence-electron chi connectivity index (χ1n) is 8.94. The topological polar surface area (TPSA) is 32.9 Å². The highest BCUT2D eigenvalue weighted by Gasteiger charge is 2.14. The Morgan fingerprint density at radius 2 is 1.50 bits per heavy atom. The molecule has 26 heavy (non-hydrogen) atoms. The Balaban J connectivity index is 1.85. The molecule has 1 aromatic heterocycles. The molecule has 0 aliphatic rings. The lowest BCUT2D eigenvalue weighted by atomic mass is 9.98. The second-order valence-electron chi connectivity index (χ2n) is 6.93. The largest absolute Gasteiger partial charge is 0.354 e. The molecule has 2 heteroatoms. The molecule has 0 radical (unpaired) electrons. The standard InChI is InChI=1S/C24H21NO/c1-16(2)17-8-10-19(11-9-17)24-22(15-26)21-14-20(12-13-23(21)25-24)18-6-4-3-5-7-18/h3-16,25H,1-2H3. The van der Waals surface area contributed by atoms with Crippen molar-refractivity contribution in [1.82, 2.24) is 4.98 Å². The summed E-state index contributed by atoms with van der Waals surface area (Å²) < 4.78 is 0. The van der Waals surface area contributed by atoms with E-state index in [0.717, 1.165) is 45.1 Å². The second kappa shape index (κ2) is 6.64. The Kier molecular flexibility index (Phi) is 4.18. The monoisotopic (exact) mass is 339 g/mol. The molecule has 0 aliphatic heterocycles. The van der Waals surface area contributed by atoms with E-state index in [1.54, 1.807) is 0 Å². The molecule has 2 nitrogen and oxygen atoms in total. The molecule has 1 heterocycles. The highest BCUT2D eigenvalue weighted by atomic mass is 16.1. The Morgan fingerprint density at radius 3 is 2.15 bits per heavy atom. The van der Waals surface area contributed by atoms with Gasteiger partial charge in [-0.25, -0.2) is 0 Å². The van der Waals surface area contributed by atoms with E-state index >= 15 is 0 Å². The summed E-state index contributed by atoms with van der Waals surface area (Å²) in [7, 11) is 0. The van der Waals surface area contributed by atoms with E-state index in [1.807, 2.05) is 18.2 Å². The van der Waals surface area contributed by atoms with E-state index in [9.17, 15) is 4.79 Å². The van der Waals surface area contributed by atoms with Crippen LogP contribution in [0.5, 0.6) is 0 Å². The first-order valence-corrected chi connectivity index (χ1v) is 8.94. The molecule has 0 saturated carbocycles. The number of benzene rings is 3. The van der Waals surface area contributed by atoms with Crippen molar-refractivity contribution in [3.05, 3.63) is 83.9 Å². The van der Waals surface area contributed by atoms with Crippen molar-refractivity contribution in [3.8, 4) is 22.4 Å². The van der Waals surface area contributed by atoms with Crippen LogP contribution in [0.1, 0.15) is 35.7 Å². The number of aromatic nitrogens is 1. The van der Waals surface area contributed by atoms with Gasteiger partial charge in [-0.3, -0.25) is 4.79 Å². The predicted molar refractivity (Wildman–Crippen MR) is 109 cm³/mol. The summed E-state index contributed by atoms with van der Waals surface area (Å²) in [5.74, 6) is 0.491. The van der Waals surface area contributed by atoms with E-state index in [0.29, 0.717) is 5.92 Å². The number of carbonyl (C=O) groups excluding carboxylic acids is 1. The van der Waals surface area contributed by atoms with E-state index in [1.165, 1.54) is 5.56 Å². The number of hydrogen-bond donors (Lipinski definition) is 1. The zero-order chi connectivity index (χ0) is 18.1. The molecule has 0 aliphatic carbocycles. The third kappa shape index (κ3) is 2.84. The first kappa shape index (κ1) is 16.3. The van der Waals surface area contributed by atoms with Crippen molar-refractivity contribution in [2.75, 3.05) is 0 Å². The fraction of sp³-hybridized carbons (Fsp3) is 0.125. The summed E-state index contributed by atoms with van der Waals surface area (Å²) in [5, 5.41) is 0.962. The van der Waals surface area contributed by atoms with Crippen LogP contribution in [0.4, 0.5) is 0 Å². The van der Waals surface area contributed by atoms with Crippen LogP contribution in [-0.2, 0) is 0 Å². The SMILES string of the molecule is CC(C)c1ccc(-c2[nH]c3ccc(-c4ccccc4)cc3c2C=O)cc1. The van der Waals surface area contributed by atoms with Crippen molar-refractivity contribution in [1.29, 1.82) is 0 Å². The van der Waals surface area contributed by atoms with Crippen LogP contribution in [0, 0.1) is 0 Å². The fourth-order valence-corrected chi connectivity index (χ4v) is 3.41. The minimum atomic E-state index is 0.491. The van der Waals surface area contributed by atoms with E-state index < -0.39 is 0 Å². The lowest BCUT2D eigenvalue weighted by Gasteiger charge is -2.06. The summed E-state index contributed by atoms with van der Waals surface area (Å²) in [6.07, 6.45) is 0.958. The summed E-state index contributed by atoms with van der Waals surface area (Å²) in [5.41, 5.74) is 7.18. The number of fused-ring (bicyclic) bond motifs is 1. The average molecular weight is 339 g/mol. The van der Waals surface area contributed by atoms with Gasteiger partial charge in [-0.1, -0.05) is 74.5 Å². The van der Waals surface area contributed by atoms with Crippen molar-refractivity contribution in [2.45, 2.75) is 19.8 Å². The zero-order valence-electron chi connectivity index (χ0n) is 15.0. The molecule has 0 unspecified atom stereocenters. The van der Waals surface area contributed by atoms with Crippen LogP contribution in [-0.4, -0.2) is 11.3 Å². The smallest absolute Gasteiger partial charge is 0.152 e. The molecular weight excluding hydrogens is 318 g/mol. The normalized spacial score (nSPS) is 11.2. The van der Waals surface area contributed by atoms with Crippen LogP contribution in [0.25, 0.3) is 33.3 Å². The third-order valence-electron chi connectivity index (χ3n) is 4.93. The summed E-state index contributed by atoms with van der Waals surface area (Å²) in [6, 6.07) is 24.9. The van der Waals surface area contributed by atoms with Gasteiger partial charge >= 0.3 is 0 Å². The van der Waals surface area contributed by atoms with Crippen LogP contribution in [0.15, 0.2) is 72.8 Å². The molecule has 0 spiro atoms. The molecule has 4 rings (SSSR count). The summed E-state index contributed by atoms with van der Waals surface area (Å²) >= 11 is 0.